The second kappa shape index (κ2) is 10.2. The molecule has 0 saturated heterocycles. The van der Waals surface area contributed by atoms with E-state index in [1.807, 2.05) is 0 Å². The molecule has 0 aliphatic carbocycles. The zero-order valence-corrected chi connectivity index (χ0v) is 19.5. The maximum Gasteiger partial charge on any atom is 0.340 e. The van der Waals surface area contributed by atoms with Gasteiger partial charge >= 0.3 is 5.97 Å². The van der Waals surface area contributed by atoms with Gasteiger partial charge in [0.1, 0.15) is 5.75 Å². The molecule has 174 valence electrons. The largest absolute Gasteiger partial charge is 0.496 e. The monoisotopic (exact) mass is 466 g/mol. The zero-order chi connectivity index (χ0) is 24.1. The molecule has 0 saturated carbocycles. The van der Waals surface area contributed by atoms with Gasteiger partial charge in [-0.2, -0.15) is 0 Å². The van der Waals surface area contributed by atoms with Crippen molar-refractivity contribution in [3.8, 4) is 17.2 Å². The number of carbonyl (C=O) groups is 2. The average molecular weight is 467 g/mol. The molecule has 0 radical (unpaired) electrons. The maximum absolute atomic E-state index is 13.1. The number of hydrogen-bond donors (Lipinski definition) is 2. The van der Waals surface area contributed by atoms with Gasteiger partial charge in [-0.25, -0.2) is 13.2 Å². The Kier molecular flexibility index (Phi) is 7.92. The molecule has 0 aromatic heterocycles. The fourth-order valence-electron chi connectivity index (χ4n) is 2.82. The van der Waals surface area contributed by atoms with Crippen LogP contribution in [0.1, 0.15) is 34.6 Å². The summed E-state index contributed by atoms with van der Waals surface area (Å²) in [5.74, 6) is -0.647. The van der Waals surface area contributed by atoms with Gasteiger partial charge in [0.15, 0.2) is 11.5 Å². The second-order valence-electron chi connectivity index (χ2n) is 6.84. The van der Waals surface area contributed by atoms with Crippen LogP contribution in [0.4, 0.5) is 5.69 Å². The summed E-state index contributed by atoms with van der Waals surface area (Å²) in [5, 5.41) is 2.70. The fraction of sp³-hybridized carbons (Fsp3) is 0.333. The molecule has 0 spiro atoms. The van der Waals surface area contributed by atoms with Crippen LogP contribution in [0.15, 0.2) is 35.2 Å². The number of anilines is 1. The molecule has 32 heavy (non-hydrogen) atoms. The summed E-state index contributed by atoms with van der Waals surface area (Å²) < 4.78 is 48.9. The van der Waals surface area contributed by atoms with E-state index < -0.39 is 21.9 Å². The van der Waals surface area contributed by atoms with Crippen molar-refractivity contribution in [3.63, 3.8) is 0 Å². The number of esters is 1. The van der Waals surface area contributed by atoms with Crippen LogP contribution in [0.2, 0.25) is 0 Å². The minimum atomic E-state index is -4.22. The van der Waals surface area contributed by atoms with Crippen LogP contribution < -0.4 is 24.2 Å². The van der Waals surface area contributed by atoms with Gasteiger partial charge < -0.3 is 24.3 Å². The van der Waals surface area contributed by atoms with Gasteiger partial charge in [0, 0.05) is 18.2 Å². The number of hydrogen-bond acceptors (Lipinski definition) is 8. The lowest BCUT2D eigenvalue weighted by molar-refractivity contribution is 0.0601. The quantitative estimate of drug-likeness (QED) is 0.539. The third-order valence-electron chi connectivity index (χ3n) is 4.32. The Morgan fingerprint density at radius 1 is 0.844 bits per heavy atom. The van der Waals surface area contributed by atoms with Gasteiger partial charge in [0.05, 0.1) is 50.1 Å². The van der Waals surface area contributed by atoms with E-state index in [-0.39, 0.29) is 45.0 Å². The first kappa shape index (κ1) is 24.8. The molecular weight excluding hydrogens is 440 g/mol. The summed E-state index contributed by atoms with van der Waals surface area (Å²) >= 11 is 0. The summed E-state index contributed by atoms with van der Waals surface area (Å²) in [6.45, 7) is 3.55. The predicted octanol–water partition coefficient (Wildman–Crippen LogP) is 2.44. The third-order valence-corrected chi connectivity index (χ3v) is 5.68. The molecule has 2 N–H and O–H groups in total. The Labute approximate surface area is 186 Å². The Bertz CT molecular complexity index is 1110. The Hall–Kier alpha value is -3.47. The predicted molar refractivity (Wildman–Crippen MR) is 117 cm³/mol. The highest BCUT2D eigenvalue weighted by Gasteiger charge is 2.24. The molecule has 11 heteroatoms. The number of ether oxygens (including phenoxy) is 4. The van der Waals surface area contributed by atoms with Crippen LogP contribution >= 0.6 is 0 Å². The number of benzene rings is 2. The molecule has 1 amide bonds. The van der Waals surface area contributed by atoms with Crippen molar-refractivity contribution in [2.75, 3.05) is 33.2 Å². The Balaban J connectivity index is 2.56. The van der Waals surface area contributed by atoms with Gasteiger partial charge in [-0.3, -0.25) is 9.52 Å². The fourth-order valence-corrected chi connectivity index (χ4v) is 3.91. The third kappa shape index (κ3) is 5.41. The average Bonchev–Trinajstić information content (AvgIpc) is 2.76. The van der Waals surface area contributed by atoms with Crippen LogP contribution in [-0.2, 0) is 14.8 Å². The van der Waals surface area contributed by atoms with Crippen LogP contribution in [-0.4, -0.2) is 54.8 Å². The number of carbonyl (C=O) groups excluding carboxylic acids is 2. The summed E-state index contributed by atoms with van der Waals surface area (Å²) in [7, 11) is 1.07. The van der Waals surface area contributed by atoms with Crippen molar-refractivity contribution >= 4 is 27.6 Å². The van der Waals surface area contributed by atoms with Crippen LogP contribution in [0, 0.1) is 0 Å². The van der Waals surface area contributed by atoms with Crippen molar-refractivity contribution < 1.29 is 37.0 Å². The molecule has 2 aromatic carbocycles. The number of sulfonamides is 1. The van der Waals surface area contributed by atoms with Gasteiger partial charge in [-0.05, 0) is 32.0 Å². The summed E-state index contributed by atoms with van der Waals surface area (Å²) in [5.41, 5.74) is -0.122. The standard InChI is InChI=1S/C21H26N2O8S/c1-12(2)22-20(24)15-9-13(7-8-17(15)28-3)32(26,27)23-16-11-19(30-5)18(29-4)10-14(16)21(25)31-6/h7-12,23H,1-6H3,(H,22,24). The molecule has 10 nitrogen and oxygen atoms in total. The molecule has 2 aromatic rings. The Morgan fingerprint density at radius 2 is 1.44 bits per heavy atom. The normalized spacial score (nSPS) is 11.0. The van der Waals surface area contributed by atoms with E-state index in [4.69, 9.17) is 18.9 Å². The summed E-state index contributed by atoms with van der Waals surface area (Å²) in [6, 6.07) is 6.29. The van der Waals surface area contributed by atoms with Crippen molar-refractivity contribution in [2.45, 2.75) is 24.8 Å². The van der Waals surface area contributed by atoms with Gasteiger partial charge in [-0.15, -0.1) is 0 Å². The highest BCUT2D eigenvalue weighted by Crippen LogP contribution is 2.35. The van der Waals surface area contributed by atoms with Crippen molar-refractivity contribution in [1.29, 1.82) is 0 Å². The Morgan fingerprint density at radius 3 is 1.97 bits per heavy atom. The molecule has 0 heterocycles. The van der Waals surface area contributed by atoms with Gasteiger partial charge in [0.25, 0.3) is 15.9 Å². The number of methoxy groups -OCH3 is 4. The summed E-state index contributed by atoms with van der Waals surface area (Å²) in [4.78, 5) is 24.5. The number of rotatable bonds is 9. The van der Waals surface area contributed by atoms with Crippen LogP contribution in [0.25, 0.3) is 0 Å². The maximum atomic E-state index is 13.1. The second-order valence-corrected chi connectivity index (χ2v) is 8.52. The molecule has 0 unspecified atom stereocenters. The summed E-state index contributed by atoms with van der Waals surface area (Å²) in [6.07, 6.45) is 0. The van der Waals surface area contributed by atoms with E-state index in [0.29, 0.717) is 0 Å². The molecule has 0 aliphatic heterocycles. The van der Waals surface area contributed by atoms with E-state index >= 15 is 0 Å². The first-order valence-corrected chi connectivity index (χ1v) is 10.9. The van der Waals surface area contributed by atoms with E-state index in [1.54, 1.807) is 13.8 Å². The van der Waals surface area contributed by atoms with Crippen molar-refractivity contribution in [1.82, 2.24) is 5.32 Å². The first-order valence-electron chi connectivity index (χ1n) is 9.44. The lowest BCUT2D eigenvalue weighted by Gasteiger charge is -2.16. The SMILES string of the molecule is COC(=O)c1cc(OC)c(OC)cc1NS(=O)(=O)c1ccc(OC)c(C(=O)NC(C)C)c1. The van der Waals surface area contributed by atoms with Crippen molar-refractivity contribution in [2.24, 2.45) is 0 Å². The van der Waals surface area contributed by atoms with Crippen molar-refractivity contribution in [3.05, 3.63) is 41.5 Å². The minimum Gasteiger partial charge on any atom is -0.496 e. The molecule has 0 bridgehead atoms. The molecule has 0 aliphatic rings. The number of nitrogens with one attached hydrogen (secondary N) is 2. The van der Waals surface area contributed by atoms with E-state index in [2.05, 4.69) is 10.0 Å². The number of amides is 1. The van der Waals surface area contributed by atoms with Crippen LogP contribution in [0.5, 0.6) is 17.2 Å². The molecular formula is C21H26N2O8S. The van der Waals surface area contributed by atoms with Gasteiger partial charge in [-0.1, -0.05) is 0 Å². The lowest BCUT2D eigenvalue weighted by Crippen LogP contribution is -2.30. The topological polar surface area (TPSA) is 129 Å². The van der Waals surface area contributed by atoms with E-state index in [9.17, 15) is 18.0 Å². The van der Waals surface area contributed by atoms with Crippen LogP contribution in [0.3, 0.4) is 0 Å². The van der Waals surface area contributed by atoms with E-state index in [1.165, 1.54) is 58.8 Å². The molecule has 0 fully saturated rings. The van der Waals surface area contributed by atoms with Gasteiger partial charge in [0.2, 0.25) is 0 Å². The zero-order valence-electron chi connectivity index (χ0n) is 18.6. The smallest absolute Gasteiger partial charge is 0.340 e. The lowest BCUT2D eigenvalue weighted by atomic mass is 10.1. The molecule has 2 rings (SSSR count). The highest BCUT2D eigenvalue weighted by molar-refractivity contribution is 7.92. The first-order chi connectivity index (χ1) is 15.1. The van der Waals surface area contributed by atoms with E-state index in [0.717, 1.165) is 0 Å². The minimum absolute atomic E-state index is 0.0459. The highest BCUT2D eigenvalue weighted by atomic mass is 32.2. The molecule has 0 atom stereocenters.